The third-order valence-electron chi connectivity index (χ3n) is 7.74. The standard InChI is InChI=1S/C33H39F2N7O5S/c1-6-20-17-24(23-15-16-28(37-19(23)2)42-48(44,45)27-10-8-7-9-26(27)46-30(34)35)40-25-18-36-31(41-29(20)25)38-21-11-13-22(14-12-21)39-32(43)47-33(3,4)5/h7-10,15-18,21-22,30H,6,11-14H2,1-5H3,(H,37,42)(H,39,43)(H,36,38,41)/t21-,22-. The molecule has 0 spiro atoms. The van der Waals surface area contributed by atoms with E-state index in [1.54, 1.807) is 19.2 Å². The quantitative estimate of drug-likeness (QED) is 0.166. The number of halogens is 2. The lowest BCUT2D eigenvalue weighted by molar-refractivity contribution is -0.0517. The Hall–Kier alpha value is -4.66. The van der Waals surface area contributed by atoms with Gasteiger partial charge in [-0.05, 0) is 95.7 Å². The first-order valence-electron chi connectivity index (χ1n) is 15.7. The third-order valence-corrected chi connectivity index (χ3v) is 9.14. The van der Waals surface area contributed by atoms with Crippen molar-refractivity contribution >= 4 is 38.9 Å². The maximum Gasteiger partial charge on any atom is 0.407 e. The summed E-state index contributed by atoms with van der Waals surface area (Å²) in [6.07, 6.45) is 5.25. The number of rotatable bonds is 10. The fraction of sp³-hybridized carbons (Fsp3) is 0.424. The lowest BCUT2D eigenvalue weighted by atomic mass is 9.91. The lowest BCUT2D eigenvalue weighted by Gasteiger charge is -2.30. The average molecular weight is 684 g/mol. The van der Waals surface area contributed by atoms with E-state index in [4.69, 9.17) is 14.7 Å². The maximum absolute atomic E-state index is 13.0. The molecule has 1 aliphatic carbocycles. The van der Waals surface area contributed by atoms with Crippen LogP contribution < -0.4 is 20.1 Å². The summed E-state index contributed by atoms with van der Waals surface area (Å²) in [4.78, 5) is 30.2. The van der Waals surface area contributed by atoms with Gasteiger partial charge in [0.2, 0.25) is 5.95 Å². The SMILES string of the molecule is CCc1cc(-c2ccc(NS(=O)(=O)c3ccccc3OC(F)F)nc2C)nc2cnc(N[C@H]3CC[C@H](NC(=O)OC(C)(C)C)CC3)nc12. The van der Waals surface area contributed by atoms with Crippen LogP contribution >= 0.6 is 0 Å². The van der Waals surface area contributed by atoms with Gasteiger partial charge in [-0.15, -0.1) is 0 Å². The Morgan fingerprint density at radius 3 is 2.40 bits per heavy atom. The van der Waals surface area contributed by atoms with Crippen LogP contribution in [0.4, 0.5) is 25.3 Å². The van der Waals surface area contributed by atoms with Crippen molar-refractivity contribution < 1.29 is 31.5 Å². The number of para-hydroxylation sites is 1. The Morgan fingerprint density at radius 1 is 1.02 bits per heavy atom. The molecule has 48 heavy (non-hydrogen) atoms. The molecule has 4 aromatic rings. The van der Waals surface area contributed by atoms with Gasteiger partial charge in [0.25, 0.3) is 10.0 Å². The van der Waals surface area contributed by atoms with E-state index in [2.05, 4.69) is 30.1 Å². The number of carbonyl (C=O) groups is 1. The second-order valence-electron chi connectivity index (χ2n) is 12.5. The van der Waals surface area contributed by atoms with E-state index in [0.717, 1.165) is 42.8 Å². The van der Waals surface area contributed by atoms with Gasteiger partial charge in [0.1, 0.15) is 27.6 Å². The first-order chi connectivity index (χ1) is 22.7. The minimum Gasteiger partial charge on any atom is -0.444 e. The van der Waals surface area contributed by atoms with Crippen molar-refractivity contribution in [1.82, 2.24) is 25.3 Å². The van der Waals surface area contributed by atoms with Gasteiger partial charge in [-0.3, -0.25) is 4.72 Å². The molecule has 15 heteroatoms. The molecule has 3 heterocycles. The van der Waals surface area contributed by atoms with Gasteiger partial charge in [-0.1, -0.05) is 19.1 Å². The zero-order chi connectivity index (χ0) is 34.6. The molecule has 0 aliphatic heterocycles. The molecular formula is C33H39F2N7O5S. The number of fused-ring (bicyclic) bond motifs is 1. The number of ether oxygens (including phenoxy) is 2. The Kier molecular flexibility index (Phi) is 10.3. The zero-order valence-electron chi connectivity index (χ0n) is 27.4. The number of sulfonamides is 1. The second kappa shape index (κ2) is 14.2. The number of anilines is 2. The van der Waals surface area contributed by atoms with Crippen molar-refractivity contribution in [3.05, 3.63) is 59.9 Å². The molecule has 1 fully saturated rings. The molecule has 0 radical (unpaired) electrons. The van der Waals surface area contributed by atoms with Gasteiger partial charge in [0, 0.05) is 23.3 Å². The Morgan fingerprint density at radius 2 is 1.73 bits per heavy atom. The molecule has 3 aromatic heterocycles. The van der Waals surface area contributed by atoms with Crippen LogP contribution in [0.5, 0.6) is 5.75 Å². The molecule has 0 atom stereocenters. The third kappa shape index (κ3) is 8.62. The Labute approximate surface area is 278 Å². The maximum atomic E-state index is 13.0. The molecule has 1 aromatic carbocycles. The lowest BCUT2D eigenvalue weighted by Crippen LogP contribution is -2.42. The predicted molar refractivity (Wildman–Crippen MR) is 178 cm³/mol. The molecule has 1 aliphatic rings. The first-order valence-corrected chi connectivity index (χ1v) is 17.2. The van der Waals surface area contributed by atoms with E-state index < -0.39 is 39.0 Å². The van der Waals surface area contributed by atoms with Crippen LogP contribution in [0.3, 0.4) is 0 Å². The van der Waals surface area contributed by atoms with E-state index in [1.807, 2.05) is 33.8 Å². The summed E-state index contributed by atoms with van der Waals surface area (Å²) < 4.78 is 63.8. The van der Waals surface area contributed by atoms with Gasteiger partial charge in [0.05, 0.1) is 17.4 Å². The van der Waals surface area contributed by atoms with Crippen LogP contribution in [0.1, 0.15) is 64.6 Å². The van der Waals surface area contributed by atoms with Crippen molar-refractivity contribution in [2.75, 3.05) is 10.0 Å². The van der Waals surface area contributed by atoms with Gasteiger partial charge in [-0.2, -0.15) is 8.78 Å². The van der Waals surface area contributed by atoms with E-state index in [-0.39, 0.29) is 17.9 Å². The van der Waals surface area contributed by atoms with E-state index in [1.165, 1.54) is 24.3 Å². The minimum atomic E-state index is -4.28. The fourth-order valence-electron chi connectivity index (χ4n) is 5.55. The van der Waals surface area contributed by atoms with E-state index in [9.17, 15) is 22.0 Å². The molecule has 12 nitrogen and oxygen atoms in total. The van der Waals surface area contributed by atoms with Crippen molar-refractivity contribution in [2.45, 2.75) is 95.9 Å². The van der Waals surface area contributed by atoms with Gasteiger partial charge in [0.15, 0.2) is 0 Å². The number of alkyl halides is 2. The van der Waals surface area contributed by atoms with Crippen LogP contribution in [-0.4, -0.2) is 58.7 Å². The van der Waals surface area contributed by atoms with Crippen LogP contribution in [0.2, 0.25) is 0 Å². The van der Waals surface area contributed by atoms with Crippen LogP contribution in [0.25, 0.3) is 22.3 Å². The number of aromatic nitrogens is 4. The normalized spacial score (nSPS) is 16.8. The summed E-state index contributed by atoms with van der Waals surface area (Å²) in [5.74, 6) is 0.0416. The van der Waals surface area contributed by atoms with E-state index in [0.29, 0.717) is 34.8 Å². The summed E-state index contributed by atoms with van der Waals surface area (Å²) in [7, 11) is -4.28. The van der Waals surface area contributed by atoms with Crippen LogP contribution in [0.15, 0.2) is 53.6 Å². The summed E-state index contributed by atoms with van der Waals surface area (Å²) in [5, 5.41) is 6.39. The Balaban J connectivity index is 1.28. The number of nitrogens with one attached hydrogen (secondary N) is 3. The van der Waals surface area contributed by atoms with Crippen molar-refractivity contribution in [3.63, 3.8) is 0 Å². The number of hydrogen-bond donors (Lipinski definition) is 3. The number of benzene rings is 1. The fourth-order valence-corrected chi connectivity index (χ4v) is 6.69. The van der Waals surface area contributed by atoms with Crippen molar-refractivity contribution in [1.29, 1.82) is 0 Å². The monoisotopic (exact) mass is 683 g/mol. The highest BCUT2D eigenvalue weighted by Crippen LogP contribution is 2.30. The predicted octanol–water partition coefficient (Wildman–Crippen LogP) is 6.61. The first kappa shape index (κ1) is 34.7. The van der Waals surface area contributed by atoms with Gasteiger partial charge in [-0.25, -0.2) is 33.1 Å². The topological polar surface area (TPSA) is 157 Å². The number of aryl methyl sites for hydroxylation is 2. The van der Waals surface area contributed by atoms with Crippen molar-refractivity contribution in [3.8, 4) is 17.0 Å². The molecule has 0 unspecified atom stereocenters. The zero-order valence-corrected chi connectivity index (χ0v) is 28.2. The van der Waals surface area contributed by atoms with Crippen LogP contribution in [-0.2, 0) is 21.2 Å². The summed E-state index contributed by atoms with van der Waals surface area (Å²) in [6.45, 7) is 6.07. The van der Waals surface area contributed by atoms with Crippen LogP contribution in [0, 0.1) is 6.92 Å². The number of alkyl carbamates (subject to hydrolysis) is 1. The second-order valence-corrected chi connectivity index (χ2v) is 14.2. The highest BCUT2D eigenvalue weighted by atomic mass is 32.2. The average Bonchev–Trinajstić information content (AvgIpc) is 3.00. The molecule has 1 saturated carbocycles. The molecule has 256 valence electrons. The summed E-state index contributed by atoms with van der Waals surface area (Å²) >= 11 is 0. The van der Waals surface area contributed by atoms with Gasteiger partial charge < -0.3 is 20.1 Å². The largest absolute Gasteiger partial charge is 0.444 e. The molecule has 1 amide bonds. The Bertz CT molecular complexity index is 1900. The number of pyridine rings is 2. The van der Waals surface area contributed by atoms with Gasteiger partial charge >= 0.3 is 12.7 Å². The van der Waals surface area contributed by atoms with Crippen molar-refractivity contribution in [2.24, 2.45) is 0 Å². The number of hydrogen-bond acceptors (Lipinski definition) is 10. The summed E-state index contributed by atoms with van der Waals surface area (Å²) in [6, 6.07) is 10.5. The number of nitrogens with zero attached hydrogens (tertiary/aromatic N) is 4. The number of amides is 1. The molecule has 5 rings (SSSR count). The highest BCUT2D eigenvalue weighted by Gasteiger charge is 2.26. The molecule has 0 bridgehead atoms. The minimum absolute atomic E-state index is 0.00769. The van der Waals surface area contributed by atoms with E-state index >= 15 is 0 Å². The summed E-state index contributed by atoms with van der Waals surface area (Å²) in [5.41, 5.74) is 3.52. The smallest absolute Gasteiger partial charge is 0.407 e. The molecule has 0 saturated heterocycles. The molecular weight excluding hydrogens is 644 g/mol. The number of carbonyl (C=O) groups excluding carboxylic acids is 1. The molecule has 3 N–H and O–H groups in total. The highest BCUT2D eigenvalue weighted by molar-refractivity contribution is 7.92.